The monoisotopic (exact) mass is 741 g/mol. The lowest BCUT2D eigenvalue weighted by atomic mass is 10.1. The summed E-state index contributed by atoms with van der Waals surface area (Å²) in [5.74, 6) is 0.113. The first kappa shape index (κ1) is 35.2. The number of imidazole rings is 2. The van der Waals surface area contributed by atoms with Gasteiger partial charge in [-0.3, -0.25) is 13.9 Å². The Kier molecular flexibility index (Phi) is 10.3. The van der Waals surface area contributed by atoms with E-state index in [-0.39, 0.29) is 0 Å². The molecule has 53 heavy (non-hydrogen) atoms. The van der Waals surface area contributed by atoms with Crippen LogP contribution in [0.1, 0.15) is 41.6 Å². The van der Waals surface area contributed by atoms with Gasteiger partial charge in [0.25, 0.3) is 5.91 Å². The number of nitrogens with zero attached hydrogens (tertiary/aromatic N) is 4. The van der Waals surface area contributed by atoms with Crippen LogP contribution in [0.3, 0.4) is 0 Å². The van der Waals surface area contributed by atoms with Crippen molar-refractivity contribution in [3.05, 3.63) is 154 Å². The second-order valence-corrected chi connectivity index (χ2v) is 14.1. The molecule has 0 saturated heterocycles. The number of para-hydroxylation sites is 4. The van der Waals surface area contributed by atoms with Crippen LogP contribution in [0.15, 0.2) is 122 Å². The van der Waals surface area contributed by atoms with Gasteiger partial charge in [0.2, 0.25) is 0 Å². The highest BCUT2D eigenvalue weighted by atomic mass is 32.1. The molecule has 0 saturated carbocycles. The number of amides is 1. The predicted molar refractivity (Wildman–Crippen MR) is 209 cm³/mol. The molecule has 4 heterocycles. The summed E-state index contributed by atoms with van der Waals surface area (Å²) in [5.41, 5.74) is 13.7. The fourth-order valence-corrected chi connectivity index (χ4v) is 7.65. The molecule has 0 unspecified atom stereocenters. The van der Waals surface area contributed by atoms with E-state index in [0.29, 0.717) is 34.5 Å². The molecule has 8 rings (SSSR count). The zero-order valence-corrected chi connectivity index (χ0v) is 30.8. The molecule has 0 fully saturated rings. The minimum Gasteiger partial charge on any atom is -0.487 e. The van der Waals surface area contributed by atoms with Crippen LogP contribution in [-0.4, -0.2) is 38.1 Å². The van der Waals surface area contributed by atoms with Crippen molar-refractivity contribution in [1.29, 1.82) is 0 Å². The average Bonchev–Trinajstić information content (AvgIpc) is 3.98. The number of aryl methyl sites for hydroxylation is 2. The number of carbonyl (C=O) groups is 2. The summed E-state index contributed by atoms with van der Waals surface area (Å²) in [4.78, 5) is 33.8. The Morgan fingerprint density at radius 2 is 1.08 bits per heavy atom. The van der Waals surface area contributed by atoms with E-state index in [0.717, 1.165) is 54.3 Å². The maximum absolute atomic E-state index is 12.2. The zero-order valence-electron chi connectivity index (χ0n) is 29.2. The van der Waals surface area contributed by atoms with Crippen molar-refractivity contribution >= 4 is 56.6 Å². The van der Waals surface area contributed by atoms with Crippen LogP contribution in [0.25, 0.3) is 32.1 Å². The van der Waals surface area contributed by atoms with E-state index in [1.54, 1.807) is 12.7 Å². The predicted octanol–water partition coefficient (Wildman–Crippen LogP) is 8.83. The number of fused-ring (bicyclic) bond motifs is 2. The molecule has 0 radical (unpaired) electrons. The summed E-state index contributed by atoms with van der Waals surface area (Å²) in [6.07, 6.45) is 3.50. The van der Waals surface area contributed by atoms with Crippen molar-refractivity contribution in [2.24, 2.45) is 5.73 Å². The molecule has 0 aliphatic heterocycles. The van der Waals surface area contributed by atoms with Gasteiger partial charge in [0.1, 0.15) is 52.2 Å². The van der Waals surface area contributed by atoms with Crippen molar-refractivity contribution < 1.29 is 23.8 Å². The number of hydrogen-bond acceptors (Lipinski definition) is 9. The molecule has 0 aliphatic rings. The number of esters is 1. The highest BCUT2D eigenvalue weighted by molar-refractivity contribution is 7.17. The lowest BCUT2D eigenvalue weighted by Crippen LogP contribution is -2.10. The SMILES string of the molecule is COC(=O)c1sc(-n2cnc3ccccc32)cc1OCc1ccccc1C.Cc1ccccc1COc1cc(-n2cnc3ccccc32)sc1C(N)=O. The van der Waals surface area contributed by atoms with Crippen molar-refractivity contribution in [2.45, 2.75) is 27.1 Å². The second-order valence-electron chi connectivity index (χ2n) is 12.0. The summed E-state index contributed by atoms with van der Waals surface area (Å²) < 4.78 is 20.8. The summed E-state index contributed by atoms with van der Waals surface area (Å²) in [5, 5.41) is 1.69. The Bertz CT molecular complexity index is 2560. The molecule has 0 bridgehead atoms. The van der Waals surface area contributed by atoms with Crippen LogP contribution in [0.5, 0.6) is 11.5 Å². The van der Waals surface area contributed by atoms with Crippen molar-refractivity contribution in [2.75, 3.05) is 7.11 Å². The van der Waals surface area contributed by atoms with Gasteiger partial charge in [-0.1, -0.05) is 72.8 Å². The number of nitrogens with two attached hydrogens (primary N) is 1. The van der Waals surface area contributed by atoms with Gasteiger partial charge in [-0.15, -0.1) is 22.7 Å². The number of methoxy groups -OCH3 is 1. The van der Waals surface area contributed by atoms with Crippen LogP contribution >= 0.6 is 22.7 Å². The molecule has 10 nitrogen and oxygen atoms in total. The van der Waals surface area contributed by atoms with Gasteiger partial charge in [-0.05, 0) is 60.4 Å². The zero-order chi connectivity index (χ0) is 36.9. The first-order chi connectivity index (χ1) is 25.8. The molecule has 0 atom stereocenters. The van der Waals surface area contributed by atoms with Crippen LogP contribution in [0.2, 0.25) is 0 Å². The molecule has 4 aromatic heterocycles. The maximum Gasteiger partial charge on any atom is 0.351 e. The van der Waals surface area contributed by atoms with E-state index >= 15 is 0 Å². The van der Waals surface area contributed by atoms with Crippen molar-refractivity contribution in [1.82, 2.24) is 19.1 Å². The van der Waals surface area contributed by atoms with Crippen molar-refractivity contribution in [3.8, 4) is 21.5 Å². The summed E-state index contributed by atoms with van der Waals surface area (Å²) >= 11 is 2.63. The highest BCUT2D eigenvalue weighted by Gasteiger charge is 2.21. The second kappa shape index (κ2) is 15.6. The number of hydrogen-bond donors (Lipinski definition) is 1. The van der Waals surface area contributed by atoms with Gasteiger partial charge < -0.3 is 19.9 Å². The number of primary amides is 1. The van der Waals surface area contributed by atoms with Crippen LogP contribution in [0, 0.1) is 13.8 Å². The molecule has 8 aromatic rings. The summed E-state index contributed by atoms with van der Waals surface area (Å²) in [6, 6.07) is 35.4. The molecule has 266 valence electrons. The number of aromatic nitrogens is 4. The smallest absolute Gasteiger partial charge is 0.351 e. The first-order valence-corrected chi connectivity index (χ1v) is 18.3. The minimum atomic E-state index is -0.495. The lowest BCUT2D eigenvalue weighted by Gasteiger charge is -2.08. The molecule has 4 aromatic carbocycles. The topological polar surface area (TPSA) is 123 Å². The van der Waals surface area contributed by atoms with E-state index in [9.17, 15) is 9.59 Å². The minimum absolute atomic E-state index is 0.383. The summed E-state index contributed by atoms with van der Waals surface area (Å²) in [7, 11) is 1.37. The van der Waals surface area contributed by atoms with Gasteiger partial charge in [0.15, 0.2) is 4.88 Å². The third kappa shape index (κ3) is 7.55. The van der Waals surface area contributed by atoms with Gasteiger partial charge >= 0.3 is 5.97 Å². The Labute approximate surface area is 313 Å². The van der Waals surface area contributed by atoms with E-state index in [2.05, 4.69) is 9.97 Å². The fraction of sp³-hybridized carbons (Fsp3) is 0.122. The molecule has 12 heteroatoms. The third-order valence-corrected chi connectivity index (χ3v) is 10.9. The largest absolute Gasteiger partial charge is 0.487 e. The van der Waals surface area contributed by atoms with Crippen LogP contribution < -0.4 is 15.2 Å². The molecule has 0 spiro atoms. The Morgan fingerprint density at radius 3 is 1.55 bits per heavy atom. The number of ether oxygens (including phenoxy) is 3. The van der Waals surface area contributed by atoms with E-state index in [1.165, 1.54) is 29.8 Å². The van der Waals surface area contributed by atoms with Gasteiger partial charge in [-0.2, -0.15) is 0 Å². The lowest BCUT2D eigenvalue weighted by molar-refractivity contribution is 0.0601. The van der Waals surface area contributed by atoms with Gasteiger partial charge in [0, 0.05) is 12.1 Å². The number of thiophene rings is 2. The van der Waals surface area contributed by atoms with E-state index < -0.39 is 11.9 Å². The normalized spacial score (nSPS) is 10.9. The molecule has 2 N–H and O–H groups in total. The Hall–Kier alpha value is -6.24. The maximum atomic E-state index is 12.2. The molecular weight excluding hydrogens is 707 g/mol. The first-order valence-electron chi connectivity index (χ1n) is 16.7. The van der Waals surface area contributed by atoms with Crippen LogP contribution in [0.4, 0.5) is 0 Å². The highest BCUT2D eigenvalue weighted by Crippen LogP contribution is 2.36. The van der Waals surface area contributed by atoms with Crippen LogP contribution in [-0.2, 0) is 18.0 Å². The third-order valence-electron chi connectivity index (χ3n) is 8.64. The Balaban J connectivity index is 0.000000164. The van der Waals surface area contributed by atoms with Crippen molar-refractivity contribution in [3.63, 3.8) is 0 Å². The number of rotatable bonds is 10. The Morgan fingerprint density at radius 1 is 0.642 bits per heavy atom. The fourth-order valence-electron chi connectivity index (χ4n) is 5.71. The number of carbonyl (C=O) groups excluding carboxylic acids is 2. The molecular formula is C41H35N5O5S2. The van der Waals surface area contributed by atoms with Gasteiger partial charge in [0.05, 0.1) is 29.2 Å². The standard InChI is InChI=1S/C21H18N2O3S.C20H17N3O2S/c1-14-7-3-4-8-15(14)12-26-18-11-19(27-20(18)21(24)25-2)23-13-22-16-9-5-6-10-17(16)23;1-13-6-2-3-7-14(13)11-25-17-10-18(26-19(17)20(21)24)23-12-22-15-8-4-5-9-16(15)23/h3-11,13H,12H2,1-2H3;2-10,12H,11H2,1H3,(H2,21,24). The van der Waals surface area contributed by atoms with E-state index in [4.69, 9.17) is 19.9 Å². The van der Waals surface area contributed by atoms with E-state index in [1.807, 2.05) is 132 Å². The number of benzene rings is 4. The molecule has 1 amide bonds. The van der Waals surface area contributed by atoms with Gasteiger partial charge in [-0.25, -0.2) is 14.8 Å². The quantitative estimate of drug-likeness (QED) is 0.139. The summed E-state index contributed by atoms with van der Waals surface area (Å²) in [6.45, 7) is 4.84. The molecule has 0 aliphatic carbocycles. The average molecular weight is 742 g/mol.